The second kappa shape index (κ2) is 4.20. The smallest absolute Gasteiger partial charge is 0.173 e. The normalized spacial score (nSPS) is 13.7. The highest BCUT2D eigenvalue weighted by Gasteiger charge is 2.23. The van der Waals surface area contributed by atoms with Crippen LogP contribution in [0.3, 0.4) is 0 Å². The van der Waals surface area contributed by atoms with Crippen LogP contribution in [0.15, 0.2) is 21.1 Å². The van der Waals surface area contributed by atoms with Crippen molar-refractivity contribution < 1.29 is 14.0 Å². The topological polar surface area (TPSA) is 70.5 Å². The molecule has 2 N–H and O–H groups in total. The van der Waals surface area contributed by atoms with Crippen molar-refractivity contribution in [2.75, 3.05) is 18.9 Å². The second-order valence-electron chi connectivity index (χ2n) is 4.00. The highest BCUT2D eigenvalue weighted by molar-refractivity contribution is 9.10. The maximum atomic E-state index is 5.68. The van der Waals surface area contributed by atoms with Crippen LogP contribution in [0.25, 0.3) is 11.3 Å². The van der Waals surface area contributed by atoms with E-state index in [1.165, 1.54) is 0 Å². The first-order chi connectivity index (χ1) is 8.66. The lowest BCUT2D eigenvalue weighted by Crippen LogP contribution is -2.16. The van der Waals surface area contributed by atoms with Crippen LogP contribution < -0.4 is 15.2 Å². The van der Waals surface area contributed by atoms with Crippen molar-refractivity contribution >= 4 is 21.7 Å². The number of nitrogen functional groups attached to an aromatic ring is 1. The molecule has 1 aliphatic rings. The van der Waals surface area contributed by atoms with E-state index in [4.69, 9.17) is 19.7 Å². The number of benzene rings is 1. The number of hydrogen-bond donors (Lipinski definition) is 1. The molecule has 0 bridgehead atoms. The summed E-state index contributed by atoms with van der Waals surface area (Å²) in [7, 11) is 0. The van der Waals surface area contributed by atoms with E-state index in [1.807, 2.05) is 13.0 Å². The van der Waals surface area contributed by atoms with Gasteiger partial charge in [-0.2, -0.15) is 0 Å². The summed E-state index contributed by atoms with van der Waals surface area (Å²) < 4.78 is 17.4. The van der Waals surface area contributed by atoms with Crippen LogP contribution in [-0.2, 0) is 0 Å². The molecule has 3 rings (SSSR count). The highest BCUT2D eigenvalue weighted by atomic mass is 79.9. The molecule has 0 radical (unpaired) electrons. The molecule has 1 aromatic heterocycles. The van der Waals surface area contributed by atoms with Gasteiger partial charge in [-0.25, -0.2) is 0 Å². The second-order valence-corrected chi connectivity index (χ2v) is 4.85. The van der Waals surface area contributed by atoms with E-state index in [-0.39, 0.29) is 0 Å². The third-order valence-electron chi connectivity index (χ3n) is 2.80. The zero-order valence-corrected chi connectivity index (χ0v) is 11.3. The molecular weight excluding hydrogens is 300 g/mol. The minimum absolute atomic E-state index is 0.342. The summed E-state index contributed by atoms with van der Waals surface area (Å²) in [5, 5.41) is 3.70. The van der Waals surface area contributed by atoms with E-state index >= 15 is 0 Å². The number of rotatable bonds is 1. The maximum Gasteiger partial charge on any atom is 0.173 e. The lowest BCUT2D eigenvalue weighted by Gasteiger charge is -2.22. The first-order valence-electron chi connectivity index (χ1n) is 5.48. The molecule has 5 nitrogen and oxygen atoms in total. The average molecular weight is 311 g/mol. The van der Waals surface area contributed by atoms with Crippen LogP contribution in [0, 0.1) is 6.92 Å². The van der Waals surface area contributed by atoms with Crippen LogP contribution in [0.1, 0.15) is 5.56 Å². The van der Waals surface area contributed by atoms with Gasteiger partial charge in [0.05, 0.1) is 5.56 Å². The molecule has 2 heterocycles. The zero-order chi connectivity index (χ0) is 12.7. The van der Waals surface area contributed by atoms with Crippen molar-refractivity contribution in [1.29, 1.82) is 0 Å². The summed E-state index contributed by atoms with van der Waals surface area (Å²) in [6.45, 7) is 3.03. The van der Waals surface area contributed by atoms with Crippen molar-refractivity contribution in [3.63, 3.8) is 0 Å². The van der Waals surface area contributed by atoms with Gasteiger partial charge in [0.15, 0.2) is 23.1 Å². The van der Waals surface area contributed by atoms with Crippen LogP contribution in [0.4, 0.5) is 5.82 Å². The Balaban J connectivity index is 2.26. The predicted octanol–water partition coefficient (Wildman–Crippen LogP) is 2.77. The molecule has 6 heteroatoms. The van der Waals surface area contributed by atoms with E-state index in [0.29, 0.717) is 36.3 Å². The number of fused-ring (bicyclic) bond motifs is 1. The van der Waals surface area contributed by atoms with Crippen molar-refractivity contribution in [3.05, 3.63) is 22.2 Å². The molecule has 0 unspecified atom stereocenters. The lowest BCUT2D eigenvalue weighted by atomic mass is 10.0. The quantitative estimate of drug-likeness (QED) is 0.877. The number of nitrogens with two attached hydrogens (primary N) is 1. The summed E-state index contributed by atoms with van der Waals surface area (Å²) in [5.74, 6) is 2.30. The van der Waals surface area contributed by atoms with Crippen molar-refractivity contribution in [2.24, 2.45) is 0 Å². The average Bonchev–Trinajstić information content (AvgIpc) is 2.77. The number of nitrogens with zero attached hydrogens (tertiary/aromatic N) is 1. The van der Waals surface area contributed by atoms with Crippen molar-refractivity contribution in [3.8, 4) is 22.8 Å². The SMILES string of the molecule is Cc1c(Br)cc2c(c1-c1cc(N)no1)OCCO2. The molecule has 0 atom stereocenters. The van der Waals surface area contributed by atoms with E-state index in [9.17, 15) is 0 Å². The van der Waals surface area contributed by atoms with Gasteiger partial charge in [-0.1, -0.05) is 21.1 Å². The third kappa shape index (κ3) is 1.73. The van der Waals surface area contributed by atoms with E-state index in [0.717, 1.165) is 15.6 Å². The molecule has 0 saturated carbocycles. The number of ether oxygens (including phenoxy) is 2. The Bertz CT molecular complexity index is 610. The largest absolute Gasteiger partial charge is 0.486 e. The van der Waals surface area contributed by atoms with Gasteiger partial charge >= 0.3 is 0 Å². The summed E-state index contributed by atoms with van der Waals surface area (Å²) in [4.78, 5) is 0. The predicted molar refractivity (Wildman–Crippen MR) is 69.8 cm³/mol. The van der Waals surface area contributed by atoms with Crippen LogP contribution >= 0.6 is 15.9 Å². The van der Waals surface area contributed by atoms with Gasteiger partial charge in [0.1, 0.15) is 13.2 Å². The fourth-order valence-corrected chi connectivity index (χ4v) is 2.36. The Hall–Kier alpha value is -1.69. The summed E-state index contributed by atoms with van der Waals surface area (Å²) in [6, 6.07) is 3.57. The number of halogens is 1. The van der Waals surface area contributed by atoms with Gasteiger partial charge in [-0.3, -0.25) is 0 Å². The maximum absolute atomic E-state index is 5.68. The Morgan fingerprint density at radius 1 is 1.28 bits per heavy atom. The van der Waals surface area contributed by atoms with Gasteiger partial charge < -0.3 is 19.7 Å². The van der Waals surface area contributed by atoms with Crippen LogP contribution in [0.5, 0.6) is 11.5 Å². The lowest BCUT2D eigenvalue weighted by molar-refractivity contribution is 0.172. The monoisotopic (exact) mass is 310 g/mol. The third-order valence-corrected chi connectivity index (χ3v) is 3.63. The van der Waals surface area contributed by atoms with E-state index in [2.05, 4.69) is 21.1 Å². The van der Waals surface area contributed by atoms with Gasteiger partial charge in [0.2, 0.25) is 0 Å². The molecule has 94 valence electrons. The first kappa shape index (κ1) is 11.4. The molecular formula is C12H11BrN2O3. The molecule has 18 heavy (non-hydrogen) atoms. The Morgan fingerprint density at radius 2 is 2.06 bits per heavy atom. The summed E-state index contributed by atoms with van der Waals surface area (Å²) >= 11 is 3.50. The fourth-order valence-electron chi connectivity index (χ4n) is 1.95. The van der Waals surface area contributed by atoms with Crippen molar-refractivity contribution in [1.82, 2.24) is 5.16 Å². The molecule has 0 aliphatic carbocycles. The summed E-state index contributed by atoms with van der Waals surface area (Å²) in [6.07, 6.45) is 0. The van der Waals surface area contributed by atoms with E-state index in [1.54, 1.807) is 6.07 Å². The van der Waals surface area contributed by atoms with Gasteiger partial charge in [-0.05, 0) is 18.6 Å². The van der Waals surface area contributed by atoms with Crippen LogP contribution in [-0.4, -0.2) is 18.4 Å². The molecule has 1 aromatic carbocycles. The molecule has 0 amide bonds. The number of anilines is 1. The molecule has 0 fully saturated rings. The van der Waals surface area contributed by atoms with Gasteiger partial charge in [-0.15, -0.1) is 0 Å². The minimum atomic E-state index is 0.342. The minimum Gasteiger partial charge on any atom is -0.486 e. The Kier molecular flexibility index (Phi) is 2.66. The summed E-state index contributed by atoms with van der Waals surface area (Å²) in [5.41, 5.74) is 7.41. The zero-order valence-electron chi connectivity index (χ0n) is 9.70. The standard InChI is InChI=1S/C12H11BrN2O3/c1-6-7(13)4-9-12(17-3-2-16-9)11(6)8-5-10(14)15-18-8/h4-5H,2-3H2,1H3,(H2,14,15). The Morgan fingerprint density at radius 3 is 2.78 bits per heavy atom. The van der Waals surface area contributed by atoms with Gasteiger partial charge in [0, 0.05) is 10.5 Å². The van der Waals surface area contributed by atoms with Crippen LogP contribution in [0.2, 0.25) is 0 Å². The Labute approximate surface area is 112 Å². The first-order valence-corrected chi connectivity index (χ1v) is 6.27. The number of aromatic nitrogens is 1. The van der Waals surface area contributed by atoms with Gasteiger partial charge in [0.25, 0.3) is 0 Å². The molecule has 0 saturated heterocycles. The fraction of sp³-hybridized carbons (Fsp3) is 0.250. The van der Waals surface area contributed by atoms with E-state index < -0.39 is 0 Å². The molecule has 0 spiro atoms. The van der Waals surface area contributed by atoms with Crippen molar-refractivity contribution in [2.45, 2.75) is 6.92 Å². The molecule has 2 aromatic rings. The highest BCUT2D eigenvalue weighted by Crippen LogP contribution is 2.45. The number of hydrogen-bond acceptors (Lipinski definition) is 5. The molecule has 1 aliphatic heterocycles.